The van der Waals surface area contributed by atoms with E-state index in [0.29, 0.717) is 22.3 Å². The maximum atomic E-state index is 12.5. The van der Waals surface area contributed by atoms with Gasteiger partial charge in [-0.25, -0.2) is 13.2 Å². The van der Waals surface area contributed by atoms with E-state index in [2.05, 4.69) is 4.72 Å². The van der Waals surface area contributed by atoms with E-state index >= 15 is 0 Å². The smallest absolute Gasteiger partial charge is 0.333 e. The quantitative estimate of drug-likeness (QED) is 0.656. The summed E-state index contributed by atoms with van der Waals surface area (Å²) in [5.74, 6) is 0.249. The van der Waals surface area contributed by atoms with Gasteiger partial charge in [0.15, 0.2) is 6.04 Å². The number of nitrogens with one attached hydrogen (secondary N) is 1. The maximum Gasteiger partial charge on any atom is 0.333 e. The topological polar surface area (TPSA) is 86.6 Å². The van der Waals surface area contributed by atoms with Crippen molar-refractivity contribution in [1.82, 2.24) is 4.57 Å². The normalized spacial score (nSPS) is 12.6. The Hall–Kier alpha value is -3.00. The van der Waals surface area contributed by atoms with Gasteiger partial charge in [-0.15, -0.1) is 0 Å². The van der Waals surface area contributed by atoms with E-state index in [-0.39, 0.29) is 0 Å². The number of methoxy groups -OCH3 is 2. The third-order valence-electron chi connectivity index (χ3n) is 4.19. The maximum absolute atomic E-state index is 12.5. The summed E-state index contributed by atoms with van der Waals surface area (Å²) < 4.78 is 37.7. The van der Waals surface area contributed by atoms with Crippen molar-refractivity contribution < 1.29 is 22.7 Å². The molecule has 0 saturated carbocycles. The van der Waals surface area contributed by atoms with Crippen LogP contribution in [0.25, 0.3) is 10.9 Å². The molecule has 0 spiro atoms. The molecular formula is C19H20N2O5S. The summed E-state index contributed by atoms with van der Waals surface area (Å²) in [4.78, 5) is 12.5. The van der Waals surface area contributed by atoms with Crippen molar-refractivity contribution in [3.05, 3.63) is 60.3 Å². The van der Waals surface area contributed by atoms with Crippen LogP contribution in [-0.4, -0.2) is 39.4 Å². The molecule has 7 nitrogen and oxygen atoms in total. The number of carbonyl (C=O) groups excluding carboxylic acids is 1. The Morgan fingerprint density at radius 3 is 2.37 bits per heavy atom. The van der Waals surface area contributed by atoms with Crippen molar-refractivity contribution in [3.8, 4) is 5.75 Å². The van der Waals surface area contributed by atoms with Crippen LogP contribution < -0.4 is 9.46 Å². The van der Waals surface area contributed by atoms with Crippen LogP contribution in [0.3, 0.4) is 0 Å². The SMILES string of the molecule is COC(=O)C(c1ccc(OC)cc1)n1ccc2c(NS(C)(=O)=O)cccc21. The third kappa shape index (κ3) is 3.90. The number of aromatic nitrogens is 1. The number of hydrogen-bond donors (Lipinski definition) is 1. The fraction of sp³-hybridized carbons (Fsp3) is 0.211. The number of fused-ring (bicyclic) bond motifs is 1. The van der Waals surface area contributed by atoms with Gasteiger partial charge in [-0.1, -0.05) is 18.2 Å². The number of sulfonamides is 1. The number of benzene rings is 2. The van der Waals surface area contributed by atoms with Gasteiger partial charge in [0.05, 0.1) is 31.7 Å². The summed E-state index contributed by atoms with van der Waals surface area (Å²) in [5, 5.41) is 0.685. The second kappa shape index (κ2) is 7.32. The fourth-order valence-corrected chi connectivity index (χ4v) is 3.59. The second-order valence-corrected chi connectivity index (χ2v) is 7.78. The van der Waals surface area contributed by atoms with Crippen LogP contribution >= 0.6 is 0 Å². The molecule has 2 aromatic carbocycles. The average molecular weight is 388 g/mol. The van der Waals surface area contributed by atoms with Gasteiger partial charge < -0.3 is 14.0 Å². The molecule has 0 amide bonds. The van der Waals surface area contributed by atoms with E-state index < -0.39 is 22.0 Å². The Morgan fingerprint density at radius 1 is 1.07 bits per heavy atom. The zero-order chi connectivity index (χ0) is 19.6. The minimum Gasteiger partial charge on any atom is -0.497 e. The average Bonchev–Trinajstić information content (AvgIpc) is 3.06. The number of hydrogen-bond acceptors (Lipinski definition) is 5. The zero-order valence-electron chi connectivity index (χ0n) is 15.2. The standard InChI is InChI=1S/C19H20N2O5S/c1-25-14-9-7-13(8-10-14)18(19(22)26-2)21-12-11-15-16(20-27(3,23)24)5-4-6-17(15)21/h4-12,18,20H,1-3H3. The highest BCUT2D eigenvalue weighted by molar-refractivity contribution is 7.92. The Bertz CT molecular complexity index is 1070. The summed E-state index contributed by atoms with van der Waals surface area (Å²) in [7, 11) is -0.519. The number of anilines is 1. The van der Waals surface area contributed by atoms with E-state index in [1.54, 1.807) is 60.3 Å². The van der Waals surface area contributed by atoms with E-state index in [0.717, 1.165) is 11.8 Å². The van der Waals surface area contributed by atoms with Crippen LogP contribution in [0.1, 0.15) is 11.6 Å². The molecule has 8 heteroatoms. The highest BCUT2D eigenvalue weighted by Gasteiger charge is 2.25. The fourth-order valence-electron chi connectivity index (χ4n) is 3.01. The minimum atomic E-state index is -3.43. The summed E-state index contributed by atoms with van der Waals surface area (Å²) >= 11 is 0. The number of esters is 1. The predicted molar refractivity (Wildman–Crippen MR) is 104 cm³/mol. The molecule has 0 radical (unpaired) electrons. The third-order valence-corrected chi connectivity index (χ3v) is 4.78. The first-order chi connectivity index (χ1) is 12.8. The van der Waals surface area contributed by atoms with Gasteiger partial charge >= 0.3 is 5.97 Å². The Morgan fingerprint density at radius 2 is 1.78 bits per heavy atom. The first-order valence-corrected chi connectivity index (χ1v) is 10.0. The monoisotopic (exact) mass is 388 g/mol. The lowest BCUT2D eigenvalue weighted by molar-refractivity contribution is -0.143. The number of rotatable bonds is 6. The molecule has 1 heterocycles. The van der Waals surface area contributed by atoms with E-state index in [1.807, 2.05) is 6.07 Å². The van der Waals surface area contributed by atoms with E-state index in [1.165, 1.54) is 7.11 Å². The van der Waals surface area contributed by atoms with Crippen molar-refractivity contribution in [2.75, 3.05) is 25.2 Å². The predicted octanol–water partition coefficient (Wildman–Crippen LogP) is 2.78. The van der Waals surface area contributed by atoms with Crippen molar-refractivity contribution in [2.24, 2.45) is 0 Å². The minimum absolute atomic E-state index is 0.431. The van der Waals surface area contributed by atoms with Gasteiger partial charge in [-0.2, -0.15) is 0 Å². The highest BCUT2D eigenvalue weighted by Crippen LogP contribution is 2.31. The van der Waals surface area contributed by atoms with Crippen LogP contribution in [0.5, 0.6) is 5.75 Å². The highest BCUT2D eigenvalue weighted by atomic mass is 32.2. The van der Waals surface area contributed by atoms with Crippen molar-refractivity contribution >= 4 is 32.6 Å². The van der Waals surface area contributed by atoms with Crippen LogP contribution in [0.4, 0.5) is 5.69 Å². The largest absolute Gasteiger partial charge is 0.497 e. The molecule has 0 aliphatic rings. The van der Waals surface area contributed by atoms with Crippen LogP contribution in [0.15, 0.2) is 54.7 Å². The summed E-state index contributed by atoms with van der Waals surface area (Å²) in [6, 6.07) is 13.4. The Balaban J connectivity index is 2.13. The molecule has 0 saturated heterocycles. The van der Waals surface area contributed by atoms with Crippen LogP contribution in [-0.2, 0) is 19.6 Å². The molecule has 142 valence electrons. The summed E-state index contributed by atoms with van der Waals surface area (Å²) in [5.41, 5.74) is 1.88. The van der Waals surface area contributed by atoms with Crippen molar-refractivity contribution in [2.45, 2.75) is 6.04 Å². The molecule has 3 rings (SSSR count). The molecular weight excluding hydrogens is 368 g/mol. The van der Waals surface area contributed by atoms with Crippen LogP contribution in [0, 0.1) is 0 Å². The molecule has 0 bridgehead atoms. The Labute approximate surface area is 157 Å². The van der Waals surface area contributed by atoms with E-state index in [4.69, 9.17) is 9.47 Å². The van der Waals surface area contributed by atoms with Crippen molar-refractivity contribution in [3.63, 3.8) is 0 Å². The molecule has 0 fully saturated rings. The number of carbonyl (C=O) groups is 1. The first-order valence-electron chi connectivity index (χ1n) is 8.13. The lowest BCUT2D eigenvalue weighted by atomic mass is 10.1. The van der Waals surface area contributed by atoms with Gasteiger partial charge in [0.25, 0.3) is 0 Å². The molecule has 1 N–H and O–H groups in total. The van der Waals surface area contributed by atoms with Crippen molar-refractivity contribution in [1.29, 1.82) is 0 Å². The van der Waals surface area contributed by atoms with Gasteiger partial charge in [0.1, 0.15) is 5.75 Å². The lowest BCUT2D eigenvalue weighted by Gasteiger charge is -2.19. The van der Waals surface area contributed by atoms with Gasteiger partial charge in [0.2, 0.25) is 10.0 Å². The molecule has 0 aliphatic heterocycles. The summed E-state index contributed by atoms with van der Waals surface area (Å²) in [6.45, 7) is 0. The first kappa shape index (κ1) is 18.8. The summed E-state index contributed by atoms with van der Waals surface area (Å²) in [6.07, 6.45) is 2.83. The van der Waals surface area contributed by atoms with E-state index in [9.17, 15) is 13.2 Å². The second-order valence-electron chi connectivity index (χ2n) is 6.03. The number of nitrogens with zero attached hydrogens (tertiary/aromatic N) is 1. The molecule has 3 aromatic rings. The van der Waals surface area contributed by atoms with Gasteiger partial charge in [-0.3, -0.25) is 4.72 Å². The molecule has 1 aromatic heterocycles. The molecule has 0 aliphatic carbocycles. The van der Waals surface area contributed by atoms with Gasteiger partial charge in [0, 0.05) is 11.6 Å². The zero-order valence-corrected chi connectivity index (χ0v) is 16.0. The lowest BCUT2D eigenvalue weighted by Crippen LogP contribution is -2.21. The molecule has 1 atom stereocenters. The number of ether oxygens (including phenoxy) is 2. The molecule has 27 heavy (non-hydrogen) atoms. The van der Waals surface area contributed by atoms with Gasteiger partial charge in [-0.05, 0) is 35.9 Å². The van der Waals surface area contributed by atoms with Crippen LogP contribution in [0.2, 0.25) is 0 Å². The molecule has 1 unspecified atom stereocenters. The Kier molecular flexibility index (Phi) is 5.09.